The van der Waals surface area contributed by atoms with Crippen LogP contribution in [0.5, 0.6) is 0 Å². The Hall–Kier alpha value is -0.200. The molecule has 0 aromatic carbocycles. The number of aliphatic hydroxyl groups is 1. The van der Waals surface area contributed by atoms with Gasteiger partial charge in [-0.25, -0.2) is 9.78 Å². The normalized spacial score (nSPS) is 61.8. The summed E-state index contributed by atoms with van der Waals surface area (Å²) in [6.07, 6.45) is 2.72. The Morgan fingerprint density at radius 3 is 2.65 bits per heavy atom. The van der Waals surface area contributed by atoms with Crippen LogP contribution >= 0.6 is 0 Å². The minimum atomic E-state index is -0.781. The molecule has 1 aliphatic carbocycles. The molecular formula is C15H24O5. The summed E-state index contributed by atoms with van der Waals surface area (Å²) in [5, 5.41) is 10.2. The zero-order valence-corrected chi connectivity index (χ0v) is 12.4. The molecule has 4 heterocycles. The van der Waals surface area contributed by atoms with Gasteiger partial charge in [0.15, 0.2) is 18.2 Å². The second-order valence-electron chi connectivity index (χ2n) is 7.30. The van der Waals surface area contributed by atoms with Gasteiger partial charge in [0.05, 0.1) is 0 Å². The van der Waals surface area contributed by atoms with Gasteiger partial charge >= 0.3 is 0 Å². The molecule has 0 aromatic heterocycles. The topological polar surface area (TPSA) is 57.2 Å². The molecule has 0 unspecified atom stereocenters. The molecule has 5 aliphatic rings. The van der Waals surface area contributed by atoms with E-state index in [1.807, 2.05) is 13.8 Å². The standard InChI is InChI=1S/C15H24O5/c1-8-4-5-11-9(2)12(16)17-13-15(11)10(8)6-7-14(3,18-13)19-20-15/h8-13,16H,4-7H2,1-3H3/t8-,9-,10+,11+,12-,13-,14-,15-/m0/s1. The van der Waals surface area contributed by atoms with E-state index in [-0.39, 0.29) is 11.8 Å². The number of hydrogen-bond acceptors (Lipinski definition) is 5. The van der Waals surface area contributed by atoms with Gasteiger partial charge < -0.3 is 14.6 Å². The van der Waals surface area contributed by atoms with Crippen LogP contribution in [0.15, 0.2) is 0 Å². The smallest absolute Gasteiger partial charge is 0.201 e. The summed E-state index contributed by atoms with van der Waals surface area (Å²) in [7, 11) is 0. The van der Waals surface area contributed by atoms with Crippen molar-refractivity contribution in [3.8, 4) is 0 Å². The fourth-order valence-corrected chi connectivity index (χ4v) is 4.89. The molecular weight excluding hydrogens is 260 g/mol. The van der Waals surface area contributed by atoms with E-state index in [4.69, 9.17) is 19.2 Å². The molecule has 0 amide bonds. The van der Waals surface area contributed by atoms with Crippen LogP contribution in [0.1, 0.15) is 46.5 Å². The first-order valence-corrected chi connectivity index (χ1v) is 7.84. The van der Waals surface area contributed by atoms with E-state index in [1.165, 1.54) is 6.42 Å². The molecule has 8 atom stereocenters. The molecule has 0 radical (unpaired) electrons. The predicted molar refractivity (Wildman–Crippen MR) is 69.0 cm³/mol. The van der Waals surface area contributed by atoms with E-state index in [0.717, 1.165) is 19.3 Å². The number of ether oxygens (including phenoxy) is 2. The SMILES string of the molecule is C[C@H]1[C@H]2CC[C@H](C)[C@H]3CC[C@]4(C)OO[C@]23[C@@H](O[C@@H]1O)O4. The van der Waals surface area contributed by atoms with Crippen molar-refractivity contribution in [1.29, 1.82) is 0 Å². The Labute approximate surface area is 119 Å². The minimum Gasteiger partial charge on any atom is -0.368 e. The summed E-state index contributed by atoms with van der Waals surface area (Å²) < 4.78 is 11.9. The highest BCUT2D eigenvalue weighted by atomic mass is 17.3. The summed E-state index contributed by atoms with van der Waals surface area (Å²) in [5.41, 5.74) is -0.549. The molecule has 1 spiro atoms. The number of rotatable bonds is 0. The van der Waals surface area contributed by atoms with E-state index < -0.39 is 24.0 Å². The van der Waals surface area contributed by atoms with Crippen molar-refractivity contribution in [2.75, 3.05) is 0 Å². The highest BCUT2D eigenvalue weighted by Crippen LogP contribution is 2.60. The van der Waals surface area contributed by atoms with Crippen LogP contribution in [0.4, 0.5) is 0 Å². The predicted octanol–water partition coefficient (Wildman–Crippen LogP) is 2.19. The highest BCUT2D eigenvalue weighted by molar-refractivity contribution is 5.08. The van der Waals surface area contributed by atoms with Crippen molar-refractivity contribution < 1.29 is 24.4 Å². The Kier molecular flexibility index (Phi) is 2.81. The molecule has 5 fully saturated rings. The summed E-state index contributed by atoms with van der Waals surface area (Å²) in [6, 6.07) is 0. The van der Waals surface area contributed by atoms with Gasteiger partial charge in [0.1, 0.15) is 0 Å². The zero-order valence-electron chi connectivity index (χ0n) is 12.4. The van der Waals surface area contributed by atoms with Gasteiger partial charge in [0.2, 0.25) is 5.79 Å². The molecule has 0 aromatic rings. The van der Waals surface area contributed by atoms with Crippen LogP contribution in [0.3, 0.4) is 0 Å². The molecule has 5 heteroatoms. The monoisotopic (exact) mass is 284 g/mol. The zero-order chi connectivity index (χ0) is 14.1. The van der Waals surface area contributed by atoms with Crippen LogP contribution in [0, 0.1) is 23.7 Å². The second-order valence-corrected chi connectivity index (χ2v) is 7.30. The Bertz CT molecular complexity index is 411. The summed E-state index contributed by atoms with van der Waals surface area (Å²) in [5.74, 6) is 0.437. The lowest BCUT2D eigenvalue weighted by Crippen LogP contribution is -2.70. The maximum Gasteiger partial charge on any atom is 0.201 e. The van der Waals surface area contributed by atoms with Crippen LogP contribution in [0.2, 0.25) is 0 Å². The van der Waals surface area contributed by atoms with E-state index in [2.05, 4.69) is 6.92 Å². The average molecular weight is 284 g/mol. The molecule has 1 saturated carbocycles. The largest absolute Gasteiger partial charge is 0.368 e. The fraction of sp³-hybridized carbons (Fsp3) is 1.00. The van der Waals surface area contributed by atoms with Gasteiger partial charge in [0, 0.05) is 18.3 Å². The first-order chi connectivity index (χ1) is 9.46. The van der Waals surface area contributed by atoms with Crippen molar-refractivity contribution in [2.45, 2.75) is 70.4 Å². The Balaban J connectivity index is 1.82. The van der Waals surface area contributed by atoms with E-state index in [0.29, 0.717) is 11.8 Å². The first-order valence-electron chi connectivity index (χ1n) is 7.84. The molecule has 5 rings (SSSR count). The number of hydrogen-bond donors (Lipinski definition) is 1. The number of aliphatic hydroxyl groups excluding tert-OH is 1. The van der Waals surface area contributed by atoms with Crippen LogP contribution in [0.25, 0.3) is 0 Å². The van der Waals surface area contributed by atoms with Crippen molar-refractivity contribution >= 4 is 0 Å². The van der Waals surface area contributed by atoms with E-state index >= 15 is 0 Å². The van der Waals surface area contributed by atoms with Gasteiger partial charge in [-0.3, -0.25) is 0 Å². The van der Waals surface area contributed by atoms with E-state index in [1.54, 1.807) is 0 Å². The fourth-order valence-electron chi connectivity index (χ4n) is 4.89. The second kappa shape index (κ2) is 4.17. The maximum absolute atomic E-state index is 10.2. The van der Waals surface area contributed by atoms with Gasteiger partial charge in [-0.15, -0.1) is 0 Å². The molecule has 5 nitrogen and oxygen atoms in total. The molecule has 114 valence electrons. The van der Waals surface area contributed by atoms with Gasteiger partial charge in [-0.2, -0.15) is 0 Å². The van der Waals surface area contributed by atoms with Crippen molar-refractivity contribution in [3.05, 3.63) is 0 Å². The molecule has 4 saturated heterocycles. The Morgan fingerprint density at radius 2 is 1.85 bits per heavy atom. The molecule has 4 aliphatic heterocycles. The van der Waals surface area contributed by atoms with Gasteiger partial charge in [-0.1, -0.05) is 13.8 Å². The first kappa shape index (κ1) is 13.5. The third kappa shape index (κ3) is 1.56. The van der Waals surface area contributed by atoms with Crippen LogP contribution in [-0.2, 0) is 19.2 Å². The van der Waals surface area contributed by atoms with Gasteiger partial charge in [0.25, 0.3) is 0 Å². The van der Waals surface area contributed by atoms with Gasteiger partial charge in [-0.05, 0) is 38.0 Å². The lowest BCUT2D eigenvalue weighted by molar-refractivity contribution is -0.576. The van der Waals surface area contributed by atoms with Crippen LogP contribution in [-0.4, -0.2) is 29.1 Å². The number of fused-ring (bicyclic) bond motifs is 2. The third-order valence-electron chi connectivity index (χ3n) is 6.12. The van der Waals surface area contributed by atoms with Crippen molar-refractivity contribution in [1.82, 2.24) is 0 Å². The lowest BCUT2D eigenvalue weighted by Gasteiger charge is -2.59. The summed E-state index contributed by atoms with van der Waals surface area (Å²) in [6.45, 7) is 6.22. The van der Waals surface area contributed by atoms with Crippen molar-refractivity contribution in [3.63, 3.8) is 0 Å². The maximum atomic E-state index is 10.2. The minimum absolute atomic E-state index is 0.0379. The Morgan fingerprint density at radius 1 is 1.05 bits per heavy atom. The summed E-state index contributed by atoms with van der Waals surface area (Å²) in [4.78, 5) is 11.6. The molecule has 1 N–H and O–H groups in total. The average Bonchev–Trinajstić information content (AvgIpc) is 2.63. The molecule has 2 bridgehead atoms. The quantitative estimate of drug-likeness (QED) is 0.691. The lowest BCUT2D eigenvalue weighted by atomic mass is 9.58. The highest BCUT2D eigenvalue weighted by Gasteiger charge is 2.69. The van der Waals surface area contributed by atoms with Crippen LogP contribution < -0.4 is 0 Å². The van der Waals surface area contributed by atoms with Crippen molar-refractivity contribution in [2.24, 2.45) is 23.7 Å². The molecule has 20 heavy (non-hydrogen) atoms. The van der Waals surface area contributed by atoms with E-state index in [9.17, 15) is 5.11 Å². The summed E-state index contributed by atoms with van der Waals surface area (Å²) >= 11 is 0. The third-order valence-corrected chi connectivity index (χ3v) is 6.12.